The molecule has 8 nitrogen and oxygen atoms in total. The Labute approximate surface area is 124 Å². The van der Waals surface area contributed by atoms with E-state index in [1.165, 1.54) is 0 Å². The van der Waals surface area contributed by atoms with Gasteiger partial charge in [0, 0.05) is 13.7 Å². The average molecular weight is 306 g/mol. The minimum Gasteiger partial charge on any atom is -0.480 e. The topological polar surface area (TPSA) is 120 Å². The summed E-state index contributed by atoms with van der Waals surface area (Å²) < 4.78 is 15.1. The van der Waals surface area contributed by atoms with Crippen LogP contribution in [0, 0.1) is 0 Å². The fourth-order valence-electron chi connectivity index (χ4n) is 1.42. The van der Waals surface area contributed by atoms with E-state index in [9.17, 15) is 9.59 Å². The SMILES string of the molecule is COCCOCCOCC(=O)NCCCCC(N)C(=O)O. The molecule has 0 saturated carbocycles. The van der Waals surface area contributed by atoms with Crippen molar-refractivity contribution in [2.24, 2.45) is 5.73 Å². The molecule has 0 aromatic rings. The van der Waals surface area contributed by atoms with E-state index in [-0.39, 0.29) is 12.5 Å². The Bertz CT molecular complexity index is 288. The lowest BCUT2D eigenvalue weighted by atomic mass is 10.1. The van der Waals surface area contributed by atoms with Gasteiger partial charge in [-0.2, -0.15) is 0 Å². The Morgan fingerprint density at radius 2 is 1.81 bits per heavy atom. The lowest BCUT2D eigenvalue weighted by Crippen LogP contribution is -2.31. The van der Waals surface area contributed by atoms with E-state index in [4.69, 9.17) is 25.1 Å². The molecule has 0 aliphatic carbocycles. The summed E-state index contributed by atoms with van der Waals surface area (Å²) in [5.41, 5.74) is 5.36. The van der Waals surface area contributed by atoms with Crippen LogP contribution < -0.4 is 11.1 Å². The first kappa shape index (κ1) is 19.8. The monoisotopic (exact) mass is 306 g/mol. The summed E-state index contributed by atoms with van der Waals surface area (Å²) in [4.78, 5) is 21.8. The molecule has 1 unspecified atom stereocenters. The molecule has 8 heteroatoms. The molecule has 1 atom stereocenters. The maximum Gasteiger partial charge on any atom is 0.320 e. The molecule has 124 valence electrons. The number of carbonyl (C=O) groups excluding carboxylic acids is 1. The minimum absolute atomic E-state index is 0.0116. The van der Waals surface area contributed by atoms with Crippen molar-refractivity contribution >= 4 is 11.9 Å². The number of nitrogens with one attached hydrogen (secondary N) is 1. The number of aliphatic carboxylic acids is 1. The van der Waals surface area contributed by atoms with Crippen LogP contribution in [0.25, 0.3) is 0 Å². The van der Waals surface area contributed by atoms with Crippen LogP contribution in [0.4, 0.5) is 0 Å². The first-order chi connectivity index (χ1) is 10.1. The number of rotatable bonds is 14. The van der Waals surface area contributed by atoms with Crippen molar-refractivity contribution in [1.29, 1.82) is 0 Å². The third-order valence-electron chi connectivity index (χ3n) is 2.62. The van der Waals surface area contributed by atoms with E-state index in [1.807, 2.05) is 0 Å². The van der Waals surface area contributed by atoms with Crippen molar-refractivity contribution < 1.29 is 28.9 Å². The number of hydrogen-bond donors (Lipinski definition) is 3. The fourth-order valence-corrected chi connectivity index (χ4v) is 1.42. The van der Waals surface area contributed by atoms with Gasteiger partial charge in [-0.1, -0.05) is 0 Å². The highest BCUT2D eigenvalue weighted by Crippen LogP contribution is 1.98. The van der Waals surface area contributed by atoms with Crippen LogP contribution in [-0.2, 0) is 23.8 Å². The van der Waals surface area contributed by atoms with Gasteiger partial charge in [-0.3, -0.25) is 9.59 Å². The highest BCUT2D eigenvalue weighted by Gasteiger charge is 2.10. The molecule has 0 fully saturated rings. The first-order valence-electron chi connectivity index (χ1n) is 6.97. The van der Waals surface area contributed by atoms with E-state index in [2.05, 4.69) is 5.32 Å². The van der Waals surface area contributed by atoms with E-state index in [0.717, 1.165) is 0 Å². The lowest BCUT2D eigenvalue weighted by Gasteiger charge is -2.08. The molecule has 0 aliphatic rings. The van der Waals surface area contributed by atoms with Gasteiger partial charge in [0.05, 0.1) is 26.4 Å². The van der Waals surface area contributed by atoms with Gasteiger partial charge in [-0.25, -0.2) is 0 Å². The fraction of sp³-hybridized carbons (Fsp3) is 0.846. The molecule has 0 spiro atoms. The molecule has 1 amide bonds. The first-order valence-corrected chi connectivity index (χ1v) is 6.97. The van der Waals surface area contributed by atoms with E-state index >= 15 is 0 Å². The molecular formula is C13H26N2O6. The maximum atomic E-state index is 11.4. The van der Waals surface area contributed by atoms with Crippen LogP contribution in [0.15, 0.2) is 0 Å². The maximum absolute atomic E-state index is 11.4. The quantitative estimate of drug-likeness (QED) is 0.365. The number of carboxylic acids is 1. The van der Waals surface area contributed by atoms with Gasteiger partial charge in [-0.05, 0) is 19.3 Å². The smallest absolute Gasteiger partial charge is 0.320 e. The zero-order valence-electron chi connectivity index (χ0n) is 12.5. The van der Waals surface area contributed by atoms with Gasteiger partial charge in [0.2, 0.25) is 5.91 Å². The summed E-state index contributed by atoms with van der Waals surface area (Å²) in [6.45, 7) is 2.28. The summed E-state index contributed by atoms with van der Waals surface area (Å²) in [6, 6.07) is -0.831. The van der Waals surface area contributed by atoms with Crippen molar-refractivity contribution in [1.82, 2.24) is 5.32 Å². The van der Waals surface area contributed by atoms with Gasteiger partial charge in [0.1, 0.15) is 12.6 Å². The summed E-state index contributed by atoms with van der Waals surface area (Å²) in [6.07, 6.45) is 1.75. The third kappa shape index (κ3) is 13.5. The van der Waals surface area contributed by atoms with Crippen LogP contribution in [0.2, 0.25) is 0 Å². The molecule has 0 heterocycles. The standard InChI is InChI=1S/C13H26N2O6/c1-19-6-7-20-8-9-21-10-12(16)15-5-3-2-4-11(14)13(17)18/h11H,2-10,14H2,1H3,(H,15,16)(H,17,18). The van der Waals surface area contributed by atoms with Gasteiger partial charge in [-0.15, -0.1) is 0 Å². The molecule has 0 aromatic heterocycles. The molecule has 0 radical (unpaired) electrons. The Kier molecular flexibility index (Phi) is 13.0. The van der Waals surface area contributed by atoms with Gasteiger partial charge in [0.25, 0.3) is 0 Å². The van der Waals surface area contributed by atoms with Crippen molar-refractivity contribution in [2.75, 3.05) is 46.7 Å². The Morgan fingerprint density at radius 1 is 1.14 bits per heavy atom. The Morgan fingerprint density at radius 3 is 2.48 bits per heavy atom. The van der Waals surface area contributed by atoms with Crippen LogP contribution in [0.3, 0.4) is 0 Å². The number of hydrogen-bond acceptors (Lipinski definition) is 6. The second kappa shape index (κ2) is 13.7. The molecule has 0 rings (SSSR count). The summed E-state index contributed by atoms with van der Waals surface area (Å²) in [5.74, 6) is -1.20. The zero-order valence-corrected chi connectivity index (χ0v) is 12.5. The molecule has 0 bridgehead atoms. The molecule has 21 heavy (non-hydrogen) atoms. The van der Waals surface area contributed by atoms with Crippen LogP contribution in [0.1, 0.15) is 19.3 Å². The molecular weight excluding hydrogens is 280 g/mol. The minimum atomic E-state index is -1.000. The Balaban J connectivity index is 3.29. The average Bonchev–Trinajstić information content (AvgIpc) is 2.45. The van der Waals surface area contributed by atoms with Crippen molar-refractivity contribution in [3.63, 3.8) is 0 Å². The predicted molar refractivity (Wildman–Crippen MR) is 76.0 cm³/mol. The number of nitrogens with two attached hydrogens (primary N) is 1. The van der Waals surface area contributed by atoms with Crippen molar-refractivity contribution in [3.8, 4) is 0 Å². The zero-order chi connectivity index (χ0) is 15.9. The summed E-state index contributed by atoms with van der Waals surface area (Å²) in [7, 11) is 1.60. The highest BCUT2D eigenvalue weighted by atomic mass is 16.5. The van der Waals surface area contributed by atoms with Gasteiger partial charge >= 0.3 is 5.97 Å². The second-order valence-electron chi connectivity index (χ2n) is 4.45. The predicted octanol–water partition coefficient (Wildman–Crippen LogP) is -0.636. The van der Waals surface area contributed by atoms with E-state index in [1.54, 1.807) is 7.11 Å². The molecule has 0 aromatic carbocycles. The van der Waals surface area contributed by atoms with Gasteiger partial charge < -0.3 is 30.4 Å². The number of carboxylic acid groups (broad SMARTS) is 1. The number of unbranched alkanes of at least 4 members (excludes halogenated alkanes) is 1. The van der Waals surface area contributed by atoms with Crippen molar-refractivity contribution in [2.45, 2.75) is 25.3 Å². The number of ether oxygens (including phenoxy) is 3. The highest BCUT2D eigenvalue weighted by molar-refractivity contribution is 5.77. The third-order valence-corrected chi connectivity index (χ3v) is 2.62. The summed E-state index contributed by atoms with van der Waals surface area (Å²) >= 11 is 0. The van der Waals surface area contributed by atoms with E-state index in [0.29, 0.717) is 52.2 Å². The summed E-state index contributed by atoms with van der Waals surface area (Å²) in [5, 5.41) is 11.3. The van der Waals surface area contributed by atoms with Crippen LogP contribution >= 0.6 is 0 Å². The van der Waals surface area contributed by atoms with Gasteiger partial charge in [0.15, 0.2) is 0 Å². The normalized spacial score (nSPS) is 12.1. The van der Waals surface area contributed by atoms with Crippen LogP contribution in [-0.4, -0.2) is 69.7 Å². The lowest BCUT2D eigenvalue weighted by molar-refractivity contribution is -0.138. The molecule has 0 aliphatic heterocycles. The second-order valence-corrected chi connectivity index (χ2v) is 4.45. The molecule has 4 N–H and O–H groups in total. The largest absolute Gasteiger partial charge is 0.480 e. The molecule has 0 saturated heterocycles. The Hall–Kier alpha value is -1.22. The van der Waals surface area contributed by atoms with Crippen LogP contribution in [0.5, 0.6) is 0 Å². The van der Waals surface area contributed by atoms with E-state index < -0.39 is 12.0 Å². The number of carbonyl (C=O) groups is 2. The van der Waals surface area contributed by atoms with Crippen molar-refractivity contribution in [3.05, 3.63) is 0 Å². The number of methoxy groups -OCH3 is 1. The number of amides is 1.